The number of carbonyl (C=O) groups is 5. The zero-order valence-corrected chi connectivity index (χ0v) is 45.2. The van der Waals surface area contributed by atoms with E-state index in [1.54, 1.807) is 41.1 Å². The molecule has 2 N–H and O–H groups in total. The first-order valence-corrected chi connectivity index (χ1v) is 26.4. The number of likely N-dealkylation sites (tertiary alicyclic amines) is 1. The highest BCUT2D eigenvalue weighted by Gasteiger charge is 2.51. The quantitative estimate of drug-likeness (QED) is 0.0232. The number of aliphatic hydroxyl groups excluding tert-OH is 1. The van der Waals surface area contributed by atoms with Gasteiger partial charge in [-0.2, -0.15) is 0 Å². The van der Waals surface area contributed by atoms with Gasteiger partial charge in [0.2, 0.25) is 5.79 Å². The van der Waals surface area contributed by atoms with Crippen molar-refractivity contribution in [1.82, 2.24) is 4.90 Å². The molecule has 1 aliphatic carbocycles. The monoisotopic (exact) mass is 1000 g/mol. The number of aliphatic hydroxyl groups is 2. The van der Waals surface area contributed by atoms with Crippen molar-refractivity contribution in [2.45, 2.75) is 188 Å². The fraction of sp³-hybridized carbons (Fsp3) is 0.768. The molecule has 15 nitrogen and oxygen atoms in total. The van der Waals surface area contributed by atoms with Gasteiger partial charge in [-0.25, -0.2) is 4.79 Å². The summed E-state index contributed by atoms with van der Waals surface area (Å²) in [6, 6.07) is -1.10. The number of rotatable bonds is 30. The van der Waals surface area contributed by atoms with Crippen LogP contribution in [0.5, 0.6) is 0 Å². The number of ketones is 3. The molecular formula is C56H91NO14. The summed E-state index contributed by atoms with van der Waals surface area (Å²) >= 11 is 0. The number of methoxy groups -OCH3 is 3. The number of ether oxygens (including phenoxy) is 7. The number of allylic oxidation sites excluding steroid dienone is 6. The second-order valence-corrected chi connectivity index (χ2v) is 20.5. The maximum absolute atomic E-state index is 14.3. The van der Waals surface area contributed by atoms with Crippen molar-refractivity contribution < 1.29 is 67.3 Å². The molecule has 1 saturated carbocycles. The molecule has 0 aromatic carbocycles. The van der Waals surface area contributed by atoms with Crippen molar-refractivity contribution in [3.05, 3.63) is 47.6 Å². The van der Waals surface area contributed by atoms with Gasteiger partial charge in [-0.3, -0.25) is 19.2 Å². The Morgan fingerprint density at radius 1 is 0.887 bits per heavy atom. The van der Waals surface area contributed by atoms with Crippen LogP contribution in [0, 0.1) is 35.5 Å². The highest BCUT2D eigenvalue weighted by Crippen LogP contribution is 2.36. The molecule has 1 unspecified atom stereocenters. The average molecular weight is 1000 g/mol. The molecule has 0 aromatic rings. The second kappa shape index (κ2) is 31.4. The van der Waals surface area contributed by atoms with Crippen molar-refractivity contribution in [3.8, 4) is 0 Å². The topological polar surface area (TPSA) is 194 Å². The molecule has 15 heteroatoms. The van der Waals surface area contributed by atoms with Gasteiger partial charge in [0.05, 0.1) is 44.2 Å². The van der Waals surface area contributed by atoms with E-state index < -0.39 is 65.6 Å². The third-order valence-corrected chi connectivity index (χ3v) is 15.0. The number of nitrogens with zero attached hydrogens (tertiary/aromatic N) is 1. The summed E-state index contributed by atoms with van der Waals surface area (Å²) in [5.41, 5.74) is 1.46. The van der Waals surface area contributed by atoms with E-state index in [0.717, 1.165) is 24.8 Å². The van der Waals surface area contributed by atoms with E-state index in [0.29, 0.717) is 70.3 Å². The molecule has 3 aliphatic rings. The number of hydrogen-bond acceptors (Lipinski definition) is 14. The average Bonchev–Trinajstić information content (AvgIpc) is 3.35. The Balaban J connectivity index is 1.78. The highest BCUT2D eigenvalue weighted by molar-refractivity contribution is 6.39. The Morgan fingerprint density at radius 2 is 1.62 bits per heavy atom. The van der Waals surface area contributed by atoms with E-state index in [9.17, 15) is 34.2 Å². The van der Waals surface area contributed by atoms with Gasteiger partial charge in [0.15, 0.2) is 11.6 Å². The van der Waals surface area contributed by atoms with Crippen molar-refractivity contribution in [3.63, 3.8) is 0 Å². The minimum absolute atomic E-state index is 0.0698. The highest BCUT2D eigenvalue weighted by atomic mass is 16.6. The number of carbonyl (C=O) groups excluding carboxylic acids is 5. The zero-order valence-electron chi connectivity index (χ0n) is 45.2. The van der Waals surface area contributed by atoms with Crippen LogP contribution in [0.2, 0.25) is 0 Å². The van der Waals surface area contributed by atoms with Crippen molar-refractivity contribution in [2.24, 2.45) is 35.5 Å². The molecule has 71 heavy (non-hydrogen) atoms. The lowest BCUT2D eigenvalue weighted by atomic mass is 9.78. The third kappa shape index (κ3) is 18.5. The number of amides is 1. The Morgan fingerprint density at radius 3 is 2.27 bits per heavy atom. The number of esters is 1. The van der Waals surface area contributed by atoms with E-state index in [4.69, 9.17) is 33.2 Å². The molecule has 0 radical (unpaired) electrons. The largest absolute Gasteiger partial charge is 0.460 e. The molecule has 0 bridgehead atoms. The van der Waals surface area contributed by atoms with E-state index in [1.165, 1.54) is 12.0 Å². The maximum Gasteiger partial charge on any atom is 0.329 e. The van der Waals surface area contributed by atoms with Crippen molar-refractivity contribution in [2.75, 3.05) is 54.3 Å². The summed E-state index contributed by atoms with van der Waals surface area (Å²) in [5.74, 6) is -7.43. The molecular weight excluding hydrogens is 911 g/mol. The summed E-state index contributed by atoms with van der Waals surface area (Å²) in [6.07, 6.45) is 14.8. The minimum atomic E-state index is -2.28. The molecule has 2 aliphatic heterocycles. The summed E-state index contributed by atoms with van der Waals surface area (Å²) in [6.45, 7) is 18.7. The Hall–Kier alpha value is -3.41. The van der Waals surface area contributed by atoms with E-state index in [1.807, 2.05) is 65.0 Å². The fourth-order valence-electron chi connectivity index (χ4n) is 10.4. The molecule has 1 amide bonds. The normalized spacial score (nSPS) is 27.1. The molecule has 3 fully saturated rings. The smallest absolute Gasteiger partial charge is 0.329 e. The van der Waals surface area contributed by atoms with Gasteiger partial charge in [-0.05, 0) is 120 Å². The van der Waals surface area contributed by atoms with Gasteiger partial charge in [-0.15, -0.1) is 0 Å². The Kier molecular flexibility index (Phi) is 27.3. The first-order valence-electron chi connectivity index (χ1n) is 26.4. The Labute approximate surface area is 425 Å². The number of piperidine rings is 1. The van der Waals surface area contributed by atoms with Gasteiger partial charge in [0.25, 0.3) is 11.7 Å². The van der Waals surface area contributed by atoms with Crippen molar-refractivity contribution in [1.29, 1.82) is 0 Å². The Bertz CT molecular complexity index is 1810. The molecule has 0 spiro atoms. The second-order valence-electron chi connectivity index (χ2n) is 20.5. The van der Waals surface area contributed by atoms with Crippen LogP contribution in [0.25, 0.3) is 0 Å². The standard InChI is InChI=1S/C56H91NO14/c1-13-46(65-10)37(4)22-17-15-16-21-36(3)31-40(7)50(59)52(67-12)51(60)41(8)32-38(5)45(58)35-48(39(6)33-43-25-26-47(49(34-43)66-11)69-30-29-68-14-2)71-55(63)44-24-18-19-27-57(44)54(62)53(61)56(64)42(9)23-20-28-70-56/h15-17,21-22,32,36,39-44,46-49,51-52,60,64H,13-14,18-20,23-31,33-35H2,1-12H3/t36-,39-,40-,41?,42-,43+,44+,46+,47-,48+,49-,51-,52+,56-/m1/s1. The van der Waals surface area contributed by atoms with Crippen LogP contribution in [-0.2, 0) is 57.1 Å². The summed E-state index contributed by atoms with van der Waals surface area (Å²) in [4.78, 5) is 70.9. The van der Waals surface area contributed by atoms with E-state index in [2.05, 4.69) is 6.92 Å². The zero-order chi connectivity index (χ0) is 52.8. The van der Waals surface area contributed by atoms with Crippen LogP contribution in [0.4, 0.5) is 0 Å². The van der Waals surface area contributed by atoms with E-state index >= 15 is 0 Å². The lowest BCUT2D eigenvalue weighted by Gasteiger charge is -2.40. The lowest BCUT2D eigenvalue weighted by molar-refractivity contribution is -0.241. The molecule has 2 saturated heterocycles. The van der Waals surface area contributed by atoms with Gasteiger partial charge in [0.1, 0.15) is 18.2 Å². The summed E-state index contributed by atoms with van der Waals surface area (Å²) in [7, 11) is 4.77. The molecule has 404 valence electrons. The van der Waals surface area contributed by atoms with Crippen LogP contribution < -0.4 is 0 Å². The van der Waals surface area contributed by atoms with E-state index in [-0.39, 0.29) is 73.6 Å². The SMILES string of the molecule is CCOCCO[C@@H]1CC[C@@H](C[C@@H](C)[C@H](CC(=O)C(C)=CC(C)[C@@H](O)[C@@H](OC)C(=O)[C@H](C)C[C@H](C)C=CC=CC=C(C)[C@H](CC)OC)OC(=O)[C@@H]2CCCCN2C(=O)C(=O)[C@]2(O)OCCC[C@H]2C)C[C@H]1OC. The first-order chi connectivity index (χ1) is 33.8. The lowest BCUT2D eigenvalue weighted by Crippen LogP contribution is -2.59. The maximum atomic E-state index is 14.3. The van der Waals surface area contributed by atoms with Crippen molar-refractivity contribution >= 4 is 29.2 Å². The third-order valence-electron chi connectivity index (χ3n) is 15.0. The van der Waals surface area contributed by atoms with Crippen LogP contribution in [-0.4, -0.2) is 147 Å². The van der Waals surface area contributed by atoms with Gasteiger partial charge < -0.3 is 48.3 Å². The summed E-state index contributed by atoms with van der Waals surface area (Å²) < 4.78 is 40.4. The molecule has 3 rings (SSSR count). The van der Waals surface area contributed by atoms with Gasteiger partial charge in [-0.1, -0.05) is 78.0 Å². The van der Waals surface area contributed by atoms with Crippen LogP contribution in [0.3, 0.4) is 0 Å². The minimum Gasteiger partial charge on any atom is -0.460 e. The molecule has 0 aromatic heterocycles. The predicted octanol–water partition coefficient (Wildman–Crippen LogP) is 7.88. The fourth-order valence-corrected chi connectivity index (χ4v) is 10.4. The number of Topliss-reactive ketones (excluding diaryl/α,β-unsaturated/α-hetero) is 3. The predicted molar refractivity (Wildman–Crippen MR) is 272 cm³/mol. The van der Waals surface area contributed by atoms with Crippen LogP contribution in [0.1, 0.15) is 139 Å². The van der Waals surface area contributed by atoms with Crippen LogP contribution in [0.15, 0.2) is 47.6 Å². The summed E-state index contributed by atoms with van der Waals surface area (Å²) in [5, 5.41) is 22.8. The van der Waals surface area contributed by atoms with Gasteiger partial charge in [0, 0.05) is 58.7 Å². The van der Waals surface area contributed by atoms with Crippen LogP contribution >= 0.6 is 0 Å². The number of hydrogen-bond donors (Lipinski definition) is 2. The first kappa shape index (κ1) is 61.9. The molecule has 2 heterocycles. The van der Waals surface area contributed by atoms with Gasteiger partial charge >= 0.3 is 5.97 Å². The molecule has 14 atom stereocenters.